The van der Waals surface area contributed by atoms with E-state index in [0.29, 0.717) is 45.8 Å². The van der Waals surface area contributed by atoms with Gasteiger partial charge in [-0.2, -0.15) is 0 Å². The zero-order valence-electron chi connectivity index (χ0n) is 36.5. The van der Waals surface area contributed by atoms with Crippen molar-refractivity contribution in [2.24, 2.45) is 0 Å². The lowest BCUT2D eigenvalue weighted by atomic mass is 10.1. The highest BCUT2D eigenvalue weighted by atomic mass is 79.9. The van der Waals surface area contributed by atoms with Crippen molar-refractivity contribution in [3.63, 3.8) is 0 Å². The summed E-state index contributed by atoms with van der Waals surface area (Å²) in [6, 6.07) is 42.8. The molecule has 0 saturated carbocycles. The van der Waals surface area contributed by atoms with E-state index in [0.717, 1.165) is 32.8 Å². The van der Waals surface area contributed by atoms with Gasteiger partial charge in [0.2, 0.25) is 0 Å². The molecule has 3 aromatic heterocycles. The summed E-state index contributed by atoms with van der Waals surface area (Å²) < 4.78 is 13.3. The number of benzene rings is 6. The Labute approximate surface area is 381 Å². The second kappa shape index (κ2) is 21.3. The maximum Gasteiger partial charge on any atom is 0.328 e. The third kappa shape index (κ3) is 10.2. The molecule has 9 aromatic rings. The van der Waals surface area contributed by atoms with E-state index in [9.17, 15) is 33.9 Å². The molecule has 12 nitrogen and oxygen atoms in total. The van der Waals surface area contributed by atoms with Crippen LogP contribution in [0.25, 0.3) is 65.4 Å². The summed E-state index contributed by atoms with van der Waals surface area (Å²) in [6.07, 6.45) is 0. The van der Waals surface area contributed by atoms with Crippen LogP contribution in [0.3, 0.4) is 0 Å². The second-order valence-corrected chi connectivity index (χ2v) is 16.2. The number of carbonyl (C=O) groups is 3. The summed E-state index contributed by atoms with van der Waals surface area (Å²) in [6.45, 7) is 9.50. The fraction of sp³-hybridized carbons (Fsp3) is 0.192. The zero-order valence-corrected chi connectivity index (χ0v) is 38.1. The number of alkyl halides is 1. The van der Waals surface area contributed by atoms with Crippen molar-refractivity contribution < 1.29 is 29.0 Å². The number of hydrogen-bond donors (Lipinski definition) is 2. The summed E-state index contributed by atoms with van der Waals surface area (Å²) >= 11 is 3.07. The van der Waals surface area contributed by atoms with Gasteiger partial charge >= 0.3 is 17.9 Å². The molecule has 0 fully saturated rings. The Balaban J connectivity index is 0.000000151. The van der Waals surface area contributed by atoms with Crippen molar-refractivity contribution in [1.29, 1.82) is 0 Å². The number of para-hydroxylation sites is 6. The Morgan fingerprint density at radius 1 is 0.492 bits per heavy atom. The molecule has 0 aliphatic heterocycles. The highest BCUT2D eigenvalue weighted by Gasteiger charge is 2.21. The molecule has 6 aromatic carbocycles. The number of nitrogens with zero attached hydrogens (tertiary/aromatic N) is 2. The standard InChI is InChI=1S/C18H17NO3.C16H13NO3.C13H9NO.C5H9BrO2/c1-3-22-18(21)12(2)19-15-10-6-4-8-13(15)17(20)14-9-5-7-11-16(14)19;1-10(16(19)20)17-13-8-4-2-6-11(13)15(18)12-7-3-5-9-14(12)17;15-13-9-5-1-3-7-11(9)14-12-8-4-2-6-10(12)13;1-3-8-5(7)4(2)6/h4-12H,3H2,1-2H3;2-10H,1H3,(H,19,20);1-8H,(H,14,15);4H,3H2,1-2H3. The van der Waals surface area contributed by atoms with Gasteiger partial charge in [-0.15, -0.1) is 0 Å². The van der Waals surface area contributed by atoms with Crippen molar-refractivity contribution in [3.05, 3.63) is 176 Å². The third-order valence-electron chi connectivity index (χ3n) is 10.6. The number of pyridine rings is 3. The first-order valence-corrected chi connectivity index (χ1v) is 22.0. The molecule has 3 atom stereocenters. The van der Waals surface area contributed by atoms with Gasteiger partial charge < -0.3 is 28.7 Å². The Morgan fingerprint density at radius 3 is 1.11 bits per heavy atom. The Morgan fingerprint density at radius 2 is 0.785 bits per heavy atom. The molecule has 3 unspecified atom stereocenters. The monoisotopic (exact) mass is 937 g/mol. The molecule has 0 saturated heterocycles. The van der Waals surface area contributed by atoms with E-state index in [1.807, 2.05) is 102 Å². The highest BCUT2D eigenvalue weighted by molar-refractivity contribution is 9.10. The fourth-order valence-corrected chi connectivity index (χ4v) is 7.63. The van der Waals surface area contributed by atoms with Gasteiger partial charge in [-0.1, -0.05) is 88.7 Å². The van der Waals surface area contributed by atoms with Crippen molar-refractivity contribution in [3.8, 4) is 0 Å². The summed E-state index contributed by atoms with van der Waals surface area (Å²) in [5, 5.41) is 13.1. The molecule has 332 valence electrons. The second-order valence-electron chi connectivity index (χ2n) is 14.8. The van der Waals surface area contributed by atoms with Crippen molar-refractivity contribution in [2.75, 3.05) is 13.2 Å². The van der Waals surface area contributed by atoms with Gasteiger partial charge in [0.05, 0.1) is 35.3 Å². The number of rotatable bonds is 7. The maximum atomic E-state index is 12.6. The molecule has 3 heterocycles. The van der Waals surface area contributed by atoms with Crippen LogP contribution in [-0.2, 0) is 23.9 Å². The third-order valence-corrected chi connectivity index (χ3v) is 11.0. The van der Waals surface area contributed by atoms with Crippen LogP contribution in [0.5, 0.6) is 0 Å². The van der Waals surface area contributed by atoms with Crippen LogP contribution >= 0.6 is 15.9 Å². The first-order chi connectivity index (χ1) is 31.3. The van der Waals surface area contributed by atoms with Crippen molar-refractivity contribution in [1.82, 2.24) is 14.1 Å². The van der Waals surface area contributed by atoms with Gasteiger partial charge in [-0.25, -0.2) is 9.59 Å². The zero-order chi connectivity index (χ0) is 46.8. The average molecular weight is 939 g/mol. The normalized spacial score (nSPS) is 12.2. The summed E-state index contributed by atoms with van der Waals surface area (Å²) in [5.41, 5.74) is 4.57. The number of H-pyrrole nitrogens is 1. The largest absolute Gasteiger partial charge is 0.480 e. The van der Waals surface area contributed by atoms with Crippen LogP contribution in [0.15, 0.2) is 160 Å². The molecule has 0 aliphatic rings. The average Bonchev–Trinajstić information content (AvgIpc) is 3.32. The van der Waals surface area contributed by atoms with Crippen LogP contribution in [0, 0.1) is 0 Å². The number of carbonyl (C=O) groups excluding carboxylic acids is 2. The minimum atomic E-state index is -0.927. The molecule has 13 heteroatoms. The van der Waals surface area contributed by atoms with Gasteiger partial charge in [0.25, 0.3) is 0 Å². The van der Waals surface area contributed by atoms with E-state index < -0.39 is 18.1 Å². The number of carboxylic acids is 1. The lowest BCUT2D eigenvalue weighted by Gasteiger charge is -2.20. The number of halogens is 1. The summed E-state index contributed by atoms with van der Waals surface area (Å²) in [4.78, 5) is 74.3. The number of aliphatic carboxylic acids is 1. The number of carboxylic acid groups (broad SMARTS) is 1. The lowest BCUT2D eigenvalue weighted by Crippen LogP contribution is -2.22. The first kappa shape index (κ1) is 47.1. The number of aromatic amines is 1. The predicted molar refractivity (Wildman–Crippen MR) is 262 cm³/mol. The molecule has 0 amide bonds. The molecule has 0 spiro atoms. The van der Waals surface area contributed by atoms with Crippen LogP contribution in [0.4, 0.5) is 0 Å². The van der Waals surface area contributed by atoms with Gasteiger partial charge in [-0.3, -0.25) is 19.2 Å². The van der Waals surface area contributed by atoms with Gasteiger partial charge in [-0.05, 0) is 107 Å². The van der Waals surface area contributed by atoms with E-state index in [4.69, 9.17) is 4.74 Å². The molecular weight excluding hydrogens is 890 g/mol. The molecule has 0 radical (unpaired) electrons. The van der Waals surface area contributed by atoms with Crippen LogP contribution in [0.2, 0.25) is 0 Å². The molecule has 9 rings (SSSR count). The van der Waals surface area contributed by atoms with Crippen LogP contribution in [-0.4, -0.2) is 55.2 Å². The minimum absolute atomic E-state index is 0.0153. The Hall–Kier alpha value is -7.38. The number of nitrogens with one attached hydrogen (secondary N) is 1. The fourth-order valence-electron chi connectivity index (χ4n) is 7.49. The summed E-state index contributed by atoms with van der Waals surface area (Å²) in [5.74, 6) is -1.43. The van der Waals surface area contributed by atoms with Crippen molar-refractivity contribution >= 4 is 99.3 Å². The van der Waals surface area contributed by atoms with Gasteiger partial charge in [0, 0.05) is 43.4 Å². The molecule has 0 bridgehead atoms. The lowest BCUT2D eigenvalue weighted by molar-refractivity contribution is -0.146. The maximum absolute atomic E-state index is 12.6. The number of fused-ring (bicyclic) bond motifs is 6. The van der Waals surface area contributed by atoms with E-state index in [-0.39, 0.29) is 33.1 Å². The minimum Gasteiger partial charge on any atom is -0.480 e. The molecular formula is C52H48BrN3O9. The summed E-state index contributed by atoms with van der Waals surface area (Å²) in [7, 11) is 0. The SMILES string of the molecule is CC(C(=O)O)n1c2ccccc2c(=O)c2ccccc21.CCOC(=O)C(C)Br.CCOC(=O)C(C)n1c2ccccc2c(=O)c2ccccc21.O=c1c2ccccc2[nH]c2ccccc12. The smallest absolute Gasteiger partial charge is 0.328 e. The Bertz CT molecular complexity index is 3200. The van der Waals surface area contributed by atoms with E-state index >= 15 is 0 Å². The van der Waals surface area contributed by atoms with Gasteiger partial charge in [0.15, 0.2) is 16.3 Å². The topological polar surface area (TPSA) is 167 Å². The number of aromatic nitrogens is 3. The number of hydrogen-bond acceptors (Lipinski definition) is 8. The predicted octanol–water partition coefficient (Wildman–Crippen LogP) is 10.1. The number of esters is 2. The number of ether oxygens (including phenoxy) is 2. The van der Waals surface area contributed by atoms with Crippen LogP contribution < -0.4 is 16.3 Å². The van der Waals surface area contributed by atoms with Gasteiger partial charge in [0.1, 0.15) is 16.9 Å². The molecule has 65 heavy (non-hydrogen) atoms. The quantitative estimate of drug-likeness (QED) is 0.0898. The Kier molecular flexibility index (Phi) is 15.5. The van der Waals surface area contributed by atoms with E-state index in [2.05, 4.69) is 25.7 Å². The molecule has 2 N–H and O–H groups in total. The first-order valence-electron chi connectivity index (χ1n) is 21.0. The van der Waals surface area contributed by atoms with Crippen LogP contribution in [0.1, 0.15) is 46.7 Å². The van der Waals surface area contributed by atoms with E-state index in [1.165, 1.54) is 0 Å². The van der Waals surface area contributed by atoms with E-state index in [1.54, 1.807) is 87.7 Å². The van der Waals surface area contributed by atoms with Crippen molar-refractivity contribution in [2.45, 2.75) is 51.5 Å². The molecule has 0 aliphatic carbocycles. The highest BCUT2D eigenvalue weighted by Crippen LogP contribution is 2.25.